The van der Waals surface area contributed by atoms with Crippen LogP contribution in [0.1, 0.15) is 31.4 Å². The zero-order chi connectivity index (χ0) is 13.0. The average molecular weight is 280 g/mol. The SMILES string of the molecule is CCNC(C)c1ccc(Sc2nc(C)ns2)cn1. The molecule has 0 fully saturated rings. The van der Waals surface area contributed by atoms with E-state index in [1.807, 2.05) is 13.1 Å². The number of hydrogen-bond donors (Lipinski definition) is 1. The fourth-order valence-electron chi connectivity index (χ4n) is 1.54. The molecule has 2 aromatic rings. The van der Waals surface area contributed by atoms with Crippen LogP contribution in [0.2, 0.25) is 0 Å². The van der Waals surface area contributed by atoms with Gasteiger partial charge in [0, 0.05) is 17.1 Å². The minimum atomic E-state index is 0.290. The van der Waals surface area contributed by atoms with Crippen LogP contribution in [0.4, 0.5) is 0 Å². The minimum Gasteiger partial charge on any atom is -0.309 e. The third-order valence-electron chi connectivity index (χ3n) is 2.43. The van der Waals surface area contributed by atoms with Crippen molar-refractivity contribution in [3.05, 3.63) is 29.8 Å². The van der Waals surface area contributed by atoms with Gasteiger partial charge in [-0.3, -0.25) is 4.98 Å². The van der Waals surface area contributed by atoms with E-state index < -0.39 is 0 Å². The molecule has 2 rings (SSSR count). The minimum absolute atomic E-state index is 0.290. The Bertz CT molecular complexity index is 495. The Labute approximate surface area is 115 Å². The summed E-state index contributed by atoms with van der Waals surface area (Å²) in [5.74, 6) is 0.827. The van der Waals surface area contributed by atoms with Crippen LogP contribution in [-0.2, 0) is 0 Å². The standard InChI is InChI=1S/C12H16N4S2/c1-4-13-8(2)11-6-5-10(7-14-11)17-12-15-9(3)16-18-12/h5-8,13H,4H2,1-3H3. The van der Waals surface area contributed by atoms with E-state index in [4.69, 9.17) is 0 Å². The lowest BCUT2D eigenvalue weighted by atomic mass is 10.2. The van der Waals surface area contributed by atoms with E-state index in [9.17, 15) is 0 Å². The fourth-order valence-corrected chi connectivity index (χ4v) is 3.13. The third kappa shape index (κ3) is 3.51. The van der Waals surface area contributed by atoms with E-state index >= 15 is 0 Å². The maximum absolute atomic E-state index is 4.47. The summed E-state index contributed by atoms with van der Waals surface area (Å²) >= 11 is 3.03. The summed E-state index contributed by atoms with van der Waals surface area (Å²) in [5.41, 5.74) is 1.06. The first kappa shape index (κ1) is 13.5. The van der Waals surface area contributed by atoms with Gasteiger partial charge in [-0.15, -0.1) is 0 Å². The highest BCUT2D eigenvalue weighted by atomic mass is 32.2. The van der Waals surface area contributed by atoms with Gasteiger partial charge in [0.25, 0.3) is 0 Å². The number of pyridine rings is 1. The second-order valence-corrected chi connectivity index (χ2v) is 5.98. The molecule has 0 bridgehead atoms. The highest BCUT2D eigenvalue weighted by Gasteiger charge is 2.07. The number of hydrogen-bond acceptors (Lipinski definition) is 6. The van der Waals surface area contributed by atoms with E-state index in [-0.39, 0.29) is 6.04 Å². The summed E-state index contributed by atoms with van der Waals surface area (Å²) in [6, 6.07) is 4.43. The first-order valence-electron chi connectivity index (χ1n) is 5.86. The van der Waals surface area contributed by atoms with E-state index in [1.54, 1.807) is 11.8 Å². The van der Waals surface area contributed by atoms with Gasteiger partial charge >= 0.3 is 0 Å². The molecule has 18 heavy (non-hydrogen) atoms. The molecule has 0 aliphatic carbocycles. The first-order valence-corrected chi connectivity index (χ1v) is 7.45. The number of nitrogens with one attached hydrogen (secondary N) is 1. The fraction of sp³-hybridized carbons (Fsp3) is 0.417. The molecule has 1 atom stereocenters. The quantitative estimate of drug-likeness (QED) is 0.912. The Hall–Kier alpha value is -0.980. The second kappa shape index (κ2) is 6.26. The van der Waals surface area contributed by atoms with Gasteiger partial charge in [0.1, 0.15) is 5.82 Å². The molecular weight excluding hydrogens is 264 g/mol. The van der Waals surface area contributed by atoms with Gasteiger partial charge in [-0.25, -0.2) is 4.98 Å². The van der Waals surface area contributed by atoms with Gasteiger partial charge < -0.3 is 5.32 Å². The molecule has 2 heterocycles. The molecule has 0 saturated carbocycles. The lowest BCUT2D eigenvalue weighted by molar-refractivity contribution is 0.582. The monoisotopic (exact) mass is 280 g/mol. The van der Waals surface area contributed by atoms with Crippen molar-refractivity contribution in [2.75, 3.05) is 6.54 Å². The Morgan fingerprint density at radius 1 is 1.44 bits per heavy atom. The Balaban J connectivity index is 2.03. The summed E-state index contributed by atoms with van der Waals surface area (Å²) in [6.07, 6.45) is 1.89. The van der Waals surface area contributed by atoms with Crippen molar-refractivity contribution in [2.24, 2.45) is 0 Å². The van der Waals surface area contributed by atoms with Gasteiger partial charge in [-0.1, -0.05) is 18.7 Å². The van der Waals surface area contributed by atoms with Crippen molar-refractivity contribution >= 4 is 23.3 Å². The van der Waals surface area contributed by atoms with E-state index in [2.05, 4.69) is 45.6 Å². The molecule has 1 N–H and O–H groups in total. The summed E-state index contributed by atoms with van der Waals surface area (Å²) in [4.78, 5) is 9.89. The molecule has 96 valence electrons. The highest BCUT2D eigenvalue weighted by molar-refractivity contribution is 8.01. The van der Waals surface area contributed by atoms with Crippen molar-refractivity contribution in [1.82, 2.24) is 19.7 Å². The maximum atomic E-state index is 4.47. The van der Waals surface area contributed by atoms with Crippen molar-refractivity contribution in [2.45, 2.75) is 36.0 Å². The molecule has 0 spiro atoms. The van der Waals surface area contributed by atoms with Crippen LogP contribution >= 0.6 is 23.3 Å². The number of aryl methyl sites for hydroxylation is 1. The molecular formula is C12H16N4S2. The third-order valence-corrected chi connectivity index (χ3v) is 4.25. The van der Waals surface area contributed by atoms with Crippen LogP contribution in [0.25, 0.3) is 0 Å². The number of rotatable bonds is 5. The molecule has 0 aliphatic rings. The highest BCUT2D eigenvalue weighted by Crippen LogP contribution is 2.28. The largest absolute Gasteiger partial charge is 0.309 e. The molecule has 0 radical (unpaired) electrons. The zero-order valence-corrected chi connectivity index (χ0v) is 12.3. The zero-order valence-electron chi connectivity index (χ0n) is 10.7. The number of nitrogens with zero attached hydrogens (tertiary/aromatic N) is 3. The Kier molecular flexibility index (Phi) is 4.68. The predicted octanol–water partition coefficient (Wildman–Crippen LogP) is 3.06. The van der Waals surface area contributed by atoms with Crippen molar-refractivity contribution in [1.29, 1.82) is 0 Å². The lowest BCUT2D eigenvalue weighted by Crippen LogP contribution is -2.18. The Morgan fingerprint density at radius 2 is 2.28 bits per heavy atom. The van der Waals surface area contributed by atoms with Crippen molar-refractivity contribution < 1.29 is 0 Å². The molecule has 6 heteroatoms. The normalized spacial score (nSPS) is 12.6. The van der Waals surface area contributed by atoms with Crippen molar-refractivity contribution in [3.63, 3.8) is 0 Å². The predicted molar refractivity (Wildman–Crippen MR) is 75.1 cm³/mol. The topological polar surface area (TPSA) is 50.7 Å². The van der Waals surface area contributed by atoms with Crippen molar-refractivity contribution in [3.8, 4) is 0 Å². The van der Waals surface area contributed by atoms with E-state index in [0.29, 0.717) is 0 Å². The van der Waals surface area contributed by atoms with Crippen LogP contribution < -0.4 is 5.32 Å². The number of aromatic nitrogens is 3. The maximum Gasteiger partial charge on any atom is 0.174 e. The summed E-state index contributed by atoms with van der Waals surface area (Å²) in [5, 5.41) is 3.34. The molecule has 2 aromatic heterocycles. The summed E-state index contributed by atoms with van der Waals surface area (Å²) in [6.45, 7) is 7.06. The van der Waals surface area contributed by atoms with Crippen LogP contribution in [0.15, 0.2) is 27.6 Å². The van der Waals surface area contributed by atoms with Gasteiger partial charge in [0.2, 0.25) is 0 Å². The molecule has 0 saturated heterocycles. The molecule has 0 aromatic carbocycles. The van der Waals surface area contributed by atoms with Gasteiger partial charge in [0.05, 0.1) is 5.69 Å². The smallest absolute Gasteiger partial charge is 0.174 e. The molecule has 4 nitrogen and oxygen atoms in total. The van der Waals surface area contributed by atoms with Crippen LogP contribution in [0.3, 0.4) is 0 Å². The van der Waals surface area contributed by atoms with Gasteiger partial charge in [-0.2, -0.15) is 4.37 Å². The van der Waals surface area contributed by atoms with E-state index in [1.165, 1.54) is 11.5 Å². The summed E-state index contributed by atoms with van der Waals surface area (Å²) < 4.78 is 5.12. The Morgan fingerprint density at radius 3 is 2.83 bits per heavy atom. The van der Waals surface area contributed by atoms with E-state index in [0.717, 1.165) is 27.3 Å². The van der Waals surface area contributed by atoms with Gasteiger partial charge in [0.15, 0.2) is 4.34 Å². The van der Waals surface area contributed by atoms with Crippen LogP contribution in [0.5, 0.6) is 0 Å². The van der Waals surface area contributed by atoms with Crippen LogP contribution in [0, 0.1) is 6.92 Å². The van der Waals surface area contributed by atoms with Crippen LogP contribution in [-0.4, -0.2) is 20.9 Å². The van der Waals surface area contributed by atoms with Gasteiger partial charge in [-0.05, 0) is 44.1 Å². The first-order chi connectivity index (χ1) is 8.69. The summed E-state index contributed by atoms with van der Waals surface area (Å²) in [7, 11) is 0. The molecule has 1 unspecified atom stereocenters. The second-order valence-electron chi connectivity index (χ2n) is 3.91. The molecule has 0 amide bonds. The average Bonchev–Trinajstić information content (AvgIpc) is 2.76. The lowest BCUT2D eigenvalue weighted by Gasteiger charge is -2.11. The molecule has 0 aliphatic heterocycles.